The lowest BCUT2D eigenvalue weighted by Gasteiger charge is -2.08. The van der Waals surface area contributed by atoms with Crippen LogP contribution in [0.1, 0.15) is 13.3 Å². The van der Waals surface area contributed by atoms with Gasteiger partial charge in [-0.1, -0.05) is 11.6 Å². The Kier molecular flexibility index (Phi) is 4.57. The molecular weight excluding hydrogens is 314 g/mol. The highest BCUT2D eigenvalue weighted by Gasteiger charge is 2.14. The molecule has 5 nitrogen and oxygen atoms in total. The van der Waals surface area contributed by atoms with E-state index in [1.165, 1.54) is 0 Å². The van der Waals surface area contributed by atoms with Crippen molar-refractivity contribution in [3.05, 3.63) is 47.6 Å². The van der Waals surface area contributed by atoms with Crippen molar-refractivity contribution in [3.8, 4) is 11.4 Å². The molecular formula is C17H16ClN3O2. The van der Waals surface area contributed by atoms with E-state index in [0.717, 1.165) is 22.6 Å². The van der Waals surface area contributed by atoms with Crippen molar-refractivity contribution in [2.24, 2.45) is 0 Å². The molecule has 6 heteroatoms. The number of esters is 1. The molecule has 0 aliphatic carbocycles. The van der Waals surface area contributed by atoms with Crippen LogP contribution in [0, 0.1) is 0 Å². The predicted molar refractivity (Wildman–Crippen MR) is 89.2 cm³/mol. The molecule has 0 saturated carbocycles. The zero-order valence-corrected chi connectivity index (χ0v) is 13.5. The molecule has 0 unspecified atom stereocenters. The number of fused-ring (bicyclic) bond motifs is 1. The minimum atomic E-state index is -0.229. The van der Waals surface area contributed by atoms with Crippen LogP contribution in [0.3, 0.4) is 0 Å². The third kappa shape index (κ3) is 3.35. The Morgan fingerprint density at radius 2 is 2.04 bits per heavy atom. The summed E-state index contributed by atoms with van der Waals surface area (Å²) in [5, 5.41) is 0.668. The van der Waals surface area contributed by atoms with Gasteiger partial charge in [0.15, 0.2) is 5.65 Å². The Hall–Kier alpha value is -2.40. The van der Waals surface area contributed by atoms with E-state index in [4.69, 9.17) is 16.3 Å². The third-order valence-electron chi connectivity index (χ3n) is 3.45. The van der Waals surface area contributed by atoms with E-state index in [0.29, 0.717) is 18.2 Å². The molecule has 118 valence electrons. The van der Waals surface area contributed by atoms with Gasteiger partial charge < -0.3 is 9.30 Å². The highest BCUT2D eigenvalue weighted by Crippen LogP contribution is 2.25. The van der Waals surface area contributed by atoms with E-state index in [2.05, 4.69) is 9.97 Å². The van der Waals surface area contributed by atoms with E-state index < -0.39 is 0 Å². The van der Waals surface area contributed by atoms with Gasteiger partial charge in [0, 0.05) is 23.3 Å². The average Bonchev–Trinajstić information content (AvgIpc) is 2.92. The summed E-state index contributed by atoms with van der Waals surface area (Å²) in [6.45, 7) is 2.64. The standard InChI is InChI=1S/C17H16ClN3O2/c1-2-23-15(22)9-11-21-16(12-5-7-13(18)8-6-12)20-14-4-3-10-19-17(14)21/h3-8,10H,2,9,11H2,1H3. The number of hydrogen-bond acceptors (Lipinski definition) is 4. The molecule has 0 atom stereocenters. The number of aromatic nitrogens is 3. The van der Waals surface area contributed by atoms with Crippen molar-refractivity contribution < 1.29 is 9.53 Å². The van der Waals surface area contributed by atoms with Crippen LogP contribution in [-0.4, -0.2) is 27.1 Å². The molecule has 0 saturated heterocycles. The van der Waals surface area contributed by atoms with Crippen LogP contribution < -0.4 is 0 Å². The first-order valence-electron chi connectivity index (χ1n) is 7.42. The third-order valence-corrected chi connectivity index (χ3v) is 3.70. The van der Waals surface area contributed by atoms with E-state index in [1.807, 2.05) is 41.0 Å². The van der Waals surface area contributed by atoms with Gasteiger partial charge in [-0.05, 0) is 43.3 Å². The molecule has 0 N–H and O–H groups in total. The van der Waals surface area contributed by atoms with Crippen LogP contribution in [-0.2, 0) is 16.1 Å². The number of imidazole rings is 1. The summed E-state index contributed by atoms with van der Waals surface area (Å²) in [5.74, 6) is 0.534. The van der Waals surface area contributed by atoms with Crippen LogP contribution in [0.5, 0.6) is 0 Å². The van der Waals surface area contributed by atoms with E-state index >= 15 is 0 Å². The molecule has 0 radical (unpaired) electrons. The van der Waals surface area contributed by atoms with Crippen LogP contribution in [0.15, 0.2) is 42.6 Å². The van der Waals surface area contributed by atoms with Gasteiger partial charge >= 0.3 is 5.97 Å². The molecule has 1 aromatic carbocycles. The van der Waals surface area contributed by atoms with E-state index in [1.54, 1.807) is 13.1 Å². The van der Waals surface area contributed by atoms with Crippen molar-refractivity contribution >= 4 is 28.7 Å². The number of halogens is 1. The first-order valence-corrected chi connectivity index (χ1v) is 7.79. The van der Waals surface area contributed by atoms with Gasteiger partial charge in [-0.2, -0.15) is 0 Å². The molecule has 23 heavy (non-hydrogen) atoms. The molecule has 3 aromatic rings. The molecule has 0 fully saturated rings. The number of carbonyl (C=O) groups is 1. The topological polar surface area (TPSA) is 57.0 Å². The molecule has 0 bridgehead atoms. The smallest absolute Gasteiger partial charge is 0.307 e. The summed E-state index contributed by atoms with van der Waals surface area (Å²) >= 11 is 5.95. The summed E-state index contributed by atoms with van der Waals surface area (Å²) in [7, 11) is 0. The Morgan fingerprint density at radius 3 is 2.78 bits per heavy atom. The van der Waals surface area contributed by atoms with Crippen LogP contribution in [0.4, 0.5) is 0 Å². The van der Waals surface area contributed by atoms with Crippen molar-refractivity contribution in [2.75, 3.05) is 6.61 Å². The number of rotatable bonds is 5. The van der Waals surface area contributed by atoms with Gasteiger partial charge in [-0.25, -0.2) is 9.97 Å². The van der Waals surface area contributed by atoms with Crippen LogP contribution in [0.2, 0.25) is 5.02 Å². The normalized spacial score (nSPS) is 10.9. The predicted octanol–water partition coefficient (Wildman–Crippen LogP) is 3.70. The second-order valence-corrected chi connectivity index (χ2v) is 5.43. The van der Waals surface area contributed by atoms with Crippen molar-refractivity contribution in [1.82, 2.24) is 14.5 Å². The lowest BCUT2D eigenvalue weighted by atomic mass is 10.2. The molecule has 0 amide bonds. The molecule has 0 spiro atoms. The average molecular weight is 330 g/mol. The number of hydrogen-bond donors (Lipinski definition) is 0. The Balaban J connectivity index is 2.01. The van der Waals surface area contributed by atoms with E-state index in [9.17, 15) is 4.79 Å². The zero-order chi connectivity index (χ0) is 16.2. The molecule has 2 aromatic heterocycles. The second kappa shape index (κ2) is 6.79. The number of nitrogens with zero attached hydrogens (tertiary/aromatic N) is 3. The summed E-state index contributed by atoms with van der Waals surface area (Å²) in [6, 6.07) is 11.2. The fourth-order valence-electron chi connectivity index (χ4n) is 2.43. The van der Waals surface area contributed by atoms with Crippen LogP contribution in [0.25, 0.3) is 22.6 Å². The Labute approximate surface area is 138 Å². The quantitative estimate of drug-likeness (QED) is 0.670. The van der Waals surface area contributed by atoms with Gasteiger partial charge in [0.25, 0.3) is 0 Å². The number of carbonyl (C=O) groups excluding carboxylic acids is 1. The highest BCUT2D eigenvalue weighted by molar-refractivity contribution is 6.30. The zero-order valence-electron chi connectivity index (χ0n) is 12.7. The molecule has 0 aliphatic rings. The minimum absolute atomic E-state index is 0.229. The van der Waals surface area contributed by atoms with Crippen molar-refractivity contribution in [2.45, 2.75) is 19.9 Å². The lowest BCUT2D eigenvalue weighted by molar-refractivity contribution is -0.143. The monoisotopic (exact) mass is 329 g/mol. The minimum Gasteiger partial charge on any atom is -0.466 e. The van der Waals surface area contributed by atoms with Crippen molar-refractivity contribution in [1.29, 1.82) is 0 Å². The van der Waals surface area contributed by atoms with Crippen LogP contribution >= 0.6 is 11.6 Å². The van der Waals surface area contributed by atoms with Gasteiger partial charge in [0.2, 0.25) is 0 Å². The maximum absolute atomic E-state index is 11.7. The second-order valence-electron chi connectivity index (χ2n) is 5.00. The fraction of sp³-hybridized carbons (Fsp3) is 0.235. The Bertz CT molecular complexity index is 827. The molecule has 0 aliphatic heterocycles. The van der Waals surface area contributed by atoms with Crippen molar-refractivity contribution in [3.63, 3.8) is 0 Å². The largest absolute Gasteiger partial charge is 0.466 e. The van der Waals surface area contributed by atoms with Gasteiger partial charge in [0.05, 0.1) is 13.0 Å². The molecule has 3 rings (SSSR count). The lowest BCUT2D eigenvalue weighted by Crippen LogP contribution is -2.10. The first kappa shape index (κ1) is 15.5. The summed E-state index contributed by atoms with van der Waals surface area (Å²) in [6.07, 6.45) is 1.99. The summed E-state index contributed by atoms with van der Waals surface area (Å²) < 4.78 is 6.94. The Morgan fingerprint density at radius 1 is 1.26 bits per heavy atom. The SMILES string of the molecule is CCOC(=O)CCn1c(-c2ccc(Cl)cc2)nc2cccnc21. The van der Waals surface area contributed by atoms with E-state index in [-0.39, 0.29) is 12.4 Å². The summed E-state index contributed by atoms with van der Waals surface area (Å²) in [4.78, 5) is 20.7. The number of benzene rings is 1. The van der Waals surface area contributed by atoms with Gasteiger partial charge in [0.1, 0.15) is 11.3 Å². The maximum Gasteiger partial charge on any atom is 0.307 e. The molecule has 2 heterocycles. The fourth-order valence-corrected chi connectivity index (χ4v) is 2.55. The summed E-state index contributed by atoms with van der Waals surface area (Å²) in [5.41, 5.74) is 2.47. The first-order chi connectivity index (χ1) is 11.2. The number of aryl methyl sites for hydroxylation is 1. The highest BCUT2D eigenvalue weighted by atomic mass is 35.5. The van der Waals surface area contributed by atoms with Gasteiger partial charge in [-0.15, -0.1) is 0 Å². The number of pyridine rings is 1. The number of ether oxygens (including phenoxy) is 1. The van der Waals surface area contributed by atoms with Gasteiger partial charge in [-0.3, -0.25) is 4.79 Å². The maximum atomic E-state index is 11.7.